The fourth-order valence-corrected chi connectivity index (χ4v) is 4.11. The van der Waals surface area contributed by atoms with Crippen LogP contribution in [-0.4, -0.2) is 20.1 Å². The molecule has 1 amide bonds. The maximum atomic E-state index is 13.2. The summed E-state index contributed by atoms with van der Waals surface area (Å²) in [6.07, 6.45) is 0. The van der Waals surface area contributed by atoms with E-state index < -0.39 is 0 Å². The van der Waals surface area contributed by atoms with Crippen molar-refractivity contribution in [2.24, 2.45) is 0 Å². The highest BCUT2D eigenvalue weighted by Crippen LogP contribution is 2.32. The predicted octanol–water partition coefficient (Wildman–Crippen LogP) is 4.84. The summed E-state index contributed by atoms with van der Waals surface area (Å²) in [6, 6.07) is 15.3. The van der Waals surface area contributed by atoms with E-state index in [1.807, 2.05) is 49.4 Å². The summed E-state index contributed by atoms with van der Waals surface area (Å²) in [6.45, 7) is 10.2. The lowest BCUT2D eigenvalue weighted by atomic mass is 9.92. The third kappa shape index (κ3) is 3.74. The molecule has 0 unspecified atom stereocenters. The molecule has 0 saturated carbocycles. The van der Waals surface area contributed by atoms with Gasteiger partial charge in [0.15, 0.2) is 0 Å². The topological polar surface area (TPSA) is 68.4 Å². The molecule has 0 atom stereocenters. The van der Waals surface area contributed by atoms with Gasteiger partial charge in [0.1, 0.15) is 12.2 Å². The maximum Gasteiger partial charge on any atom is 0.262 e. The number of aryl methyl sites for hydroxylation is 1. The summed E-state index contributed by atoms with van der Waals surface area (Å²) >= 11 is 0. The average molecular weight is 417 g/mol. The molecule has 0 aliphatic rings. The Labute approximate surface area is 181 Å². The number of fused-ring (bicyclic) bond motifs is 3. The van der Waals surface area contributed by atoms with Gasteiger partial charge in [-0.05, 0) is 42.0 Å². The minimum Gasteiger partial charge on any atom is -0.324 e. The van der Waals surface area contributed by atoms with Crippen LogP contribution in [0.2, 0.25) is 0 Å². The van der Waals surface area contributed by atoms with E-state index >= 15 is 0 Å². The fourth-order valence-electron chi connectivity index (χ4n) is 4.11. The van der Waals surface area contributed by atoms with Crippen molar-refractivity contribution in [1.29, 1.82) is 0 Å². The number of amides is 1. The Morgan fingerprint density at radius 3 is 2.29 bits per heavy atom. The van der Waals surface area contributed by atoms with Crippen molar-refractivity contribution in [3.8, 4) is 0 Å². The first-order valence-electron chi connectivity index (χ1n) is 10.7. The van der Waals surface area contributed by atoms with Crippen molar-refractivity contribution in [3.05, 3.63) is 75.7 Å². The van der Waals surface area contributed by atoms with Crippen LogP contribution in [0.25, 0.3) is 16.6 Å². The fraction of sp³-hybridized carbons (Fsp3) is 0.320. The van der Waals surface area contributed by atoms with Crippen molar-refractivity contribution in [1.82, 2.24) is 14.2 Å². The Morgan fingerprint density at radius 1 is 1.00 bits per heavy atom. The van der Waals surface area contributed by atoms with Crippen LogP contribution in [-0.2, 0) is 11.3 Å². The summed E-state index contributed by atoms with van der Waals surface area (Å²) in [5.74, 6) is 0.302. The van der Waals surface area contributed by atoms with Crippen LogP contribution in [0.1, 0.15) is 56.4 Å². The molecule has 31 heavy (non-hydrogen) atoms. The van der Waals surface area contributed by atoms with Crippen molar-refractivity contribution < 1.29 is 4.79 Å². The third-order valence-corrected chi connectivity index (χ3v) is 5.64. The molecule has 6 nitrogen and oxygen atoms in total. The van der Waals surface area contributed by atoms with Crippen LogP contribution in [0.15, 0.2) is 53.3 Å². The van der Waals surface area contributed by atoms with E-state index in [9.17, 15) is 9.59 Å². The molecule has 0 spiro atoms. The molecule has 0 aliphatic carbocycles. The molecule has 2 heterocycles. The Bertz CT molecular complexity index is 1320. The van der Waals surface area contributed by atoms with E-state index in [1.165, 1.54) is 4.57 Å². The van der Waals surface area contributed by atoms with Gasteiger partial charge in [-0.15, -0.1) is 0 Å². The average Bonchev–Trinajstić information content (AvgIpc) is 3.12. The van der Waals surface area contributed by atoms with Gasteiger partial charge < -0.3 is 5.32 Å². The zero-order chi connectivity index (χ0) is 22.3. The first-order valence-corrected chi connectivity index (χ1v) is 10.7. The first kappa shape index (κ1) is 20.8. The molecular formula is C25H28N4O2. The number of benzene rings is 2. The lowest BCUT2D eigenvalue weighted by Gasteiger charge is -2.20. The molecule has 0 radical (unpaired) electrons. The molecule has 0 aliphatic heterocycles. The second kappa shape index (κ2) is 8.02. The van der Waals surface area contributed by atoms with E-state index in [4.69, 9.17) is 0 Å². The van der Waals surface area contributed by atoms with Gasteiger partial charge in [-0.1, -0.05) is 58.0 Å². The molecule has 2 aromatic carbocycles. The predicted molar refractivity (Wildman–Crippen MR) is 125 cm³/mol. The maximum absolute atomic E-state index is 13.2. The number of carbonyl (C=O) groups is 1. The molecule has 0 bridgehead atoms. The Hall–Kier alpha value is -3.41. The minimum atomic E-state index is -0.229. The summed E-state index contributed by atoms with van der Waals surface area (Å²) in [7, 11) is 0. The second-order valence-electron chi connectivity index (χ2n) is 8.63. The molecule has 4 aromatic rings. The molecule has 1 N–H and O–H groups in total. The molecular weight excluding hydrogens is 388 g/mol. The van der Waals surface area contributed by atoms with Gasteiger partial charge in [0.05, 0.1) is 16.6 Å². The number of anilines is 1. The lowest BCUT2D eigenvalue weighted by molar-refractivity contribution is -0.116. The van der Waals surface area contributed by atoms with Gasteiger partial charge in [-0.3, -0.25) is 14.2 Å². The highest BCUT2D eigenvalue weighted by Gasteiger charge is 2.19. The van der Waals surface area contributed by atoms with E-state index in [2.05, 4.69) is 38.1 Å². The molecule has 160 valence electrons. The van der Waals surface area contributed by atoms with Gasteiger partial charge in [0.25, 0.3) is 5.56 Å². The van der Waals surface area contributed by atoms with E-state index in [0.717, 1.165) is 28.0 Å². The van der Waals surface area contributed by atoms with E-state index in [-0.39, 0.29) is 29.8 Å². The molecule has 0 fully saturated rings. The van der Waals surface area contributed by atoms with Crippen LogP contribution < -0.4 is 10.9 Å². The van der Waals surface area contributed by atoms with Gasteiger partial charge >= 0.3 is 0 Å². The molecule has 6 heteroatoms. The molecule has 2 aromatic heterocycles. The van der Waals surface area contributed by atoms with Gasteiger partial charge in [-0.25, -0.2) is 4.52 Å². The van der Waals surface area contributed by atoms with Crippen molar-refractivity contribution in [3.63, 3.8) is 0 Å². The second-order valence-corrected chi connectivity index (χ2v) is 8.63. The van der Waals surface area contributed by atoms with Gasteiger partial charge in [0.2, 0.25) is 5.91 Å². The summed E-state index contributed by atoms with van der Waals surface area (Å²) in [4.78, 5) is 26.4. The van der Waals surface area contributed by atoms with Crippen LogP contribution in [0.3, 0.4) is 0 Å². The highest BCUT2D eigenvalue weighted by molar-refractivity contribution is 5.93. The van der Waals surface area contributed by atoms with E-state index in [1.54, 1.807) is 10.6 Å². The SMILES string of the molecule is Cc1cc2n(CC(=O)Nc3c(C(C)C)cccc3C(C)C)c(=O)c3ccccc3n2n1. The normalized spacial score (nSPS) is 11.7. The van der Waals surface area contributed by atoms with Crippen LogP contribution in [0, 0.1) is 6.92 Å². The number of rotatable bonds is 5. The summed E-state index contributed by atoms with van der Waals surface area (Å²) in [5, 5.41) is 8.18. The van der Waals surface area contributed by atoms with Crippen LogP contribution >= 0.6 is 0 Å². The van der Waals surface area contributed by atoms with Crippen LogP contribution in [0.4, 0.5) is 5.69 Å². The molecule has 4 rings (SSSR count). The van der Waals surface area contributed by atoms with Gasteiger partial charge in [0, 0.05) is 11.8 Å². The Balaban J connectivity index is 1.79. The number of para-hydroxylation sites is 2. The van der Waals surface area contributed by atoms with Crippen molar-refractivity contribution in [2.45, 2.75) is 53.0 Å². The standard InChI is InChI=1S/C25H28N4O2/c1-15(2)18-10-8-11-19(16(3)4)24(18)26-22(30)14-28-23-13-17(5)27-29(23)21-12-7-6-9-20(21)25(28)31/h6-13,15-16H,14H2,1-5H3,(H,26,30). The Kier molecular flexibility index (Phi) is 5.39. The third-order valence-electron chi connectivity index (χ3n) is 5.64. The highest BCUT2D eigenvalue weighted by atomic mass is 16.2. The number of aromatic nitrogens is 3. The zero-order valence-electron chi connectivity index (χ0n) is 18.6. The largest absolute Gasteiger partial charge is 0.324 e. The smallest absolute Gasteiger partial charge is 0.262 e. The van der Waals surface area contributed by atoms with Crippen LogP contribution in [0.5, 0.6) is 0 Å². The number of hydrogen-bond donors (Lipinski definition) is 1. The summed E-state index contributed by atoms with van der Waals surface area (Å²) < 4.78 is 3.24. The van der Waals surface area contributed by atoms with Crippen molar-refractivity contribution in [2.75, 3.05) is 5.32 Å². The first-order chi connectivity index (χ1) is 14.8. The number of carbonyl (C=O) groups excluding carboxylic acids is 1. The lowest BCUT2D eigenvalue weighted by Crippen LogP contribution is -2.30. The number of hydrogen-bond acceptors (Lipinski definition) is 3. The van der Waals surface area contributed by atoms with Gasteiger partial charge in [-0.2, -0.15) is 5.10 Å². The molecule has 0 saturated heterocycles. The quantitative estimate of drug-likeness (QED) is 0.506. The minimum absolute atomic E-state index is 0.0811. The van der Waals surface area contributed by atoms with E-state index in [0.29, 0.717) is 11.0 Å². The summed E-state index contributed by atoms with van der Waals surface area (Å²) in [5.41, 5.74) is 4.98. The zero-order valence-corrected chi connectivity index (χ0v) is 18.6. The monoisotopic (exact) mass is 416 g/mol. The Morgan fingerprint density at radius 2 is 1.65 bits per heavy atom. The van der Waals surface area contributed by atoms with Crippen molar-refractivity contribution >= 4 is 28.1 Å². The number of nitrogens with one attached hydrogen (secondary N) is 1. The number of nitrogens with zero attached hydrogens (tertiary/aromatic N) is 3.